The maximum atomic E-state index is 5.90. The van der Waals surface area contributed by atoms with Gasteiger partial charge >= 0.3 is 0 Å². The molecule has 1 aliphatic heterocycles. The Balaban J connectivity index is 2.45. The molecule has 2 rings (SSSR count). The molecule has 4 N–H and O–H groups in total. The Morgan fingerprint density at radius 3 is 2.88 bits per heavy atom. The zero-order valence-corrected chi connectivity index (χ0v) is 10.2. The number of rotatable bonds is 2. The maximum Gasteiger partial charge on any atom is 0.154 e. The van der Waals surface area contributed by atoms with Crippen LogP contribution < -0.4 is 16.6 Å². The van der Waals surface area contributed by atoms with Crippen molar-refractivity contribution in [1.82, 2.24) is 14.9 Å². The highest BCUT2D eigenvalue weighted by Crippen LogP contribution is 2.24. The molecule has 92 valence electrons. The normalized spacial score (nSPS) is 16.2. The van der Waals surface area contributed by atoms with Crippen molar-refractivity contribution in [3.8, 4) is 0 Å². The van der Waals surface area contributed by atoms with Gasteiger partial charge in [-0.05, 0) is 20.4 Å². The molecule has 0 fully saturated rings. The van der Waals surface area contributed by atoms with E-state index < -0.39 is 0 Å². The second kappa shape index (κ2) is 4.68. The number of hydrogen-bond donors (Lipinski definition) is 2. The predicted octanol–water partition coefficient (Wildman–Crippen LogP) is -0.117. The molecule has 6 nitrogen and oxygen atoms in total. The second-order valence-electron chi connectivity index (χ2n) is 4.26. The molecule has 0 saturated carbocycles. The fraction of sp³-hybridized carbons (Fsp3) is 0.455. The van der Waals surface area contributed by atoms with Crippen molar-refractivity contribution in [1.29, 1.82) is 0 Å². The maximum absolute atomic E-state index is 5.90. The van der Waals surface area contributed by atoms with Crippen LogP contribution in [0.4, 0.5) is 5.82 Å². The molecule has 6 heteroatoms. The molecule has 0 saturated heterocycles. The van der Waals surface area contributed by atoms with Crippen LogP contribution in [0.25, 0.3) is 0 Å². The summed E-state index contributed by atoms with van der Waals surface area (Å²) < 4.78 is 0. The molecule has 0 amide bonds. The Bertz CT molecular complexity index is 442. The van der Waals surface area contributed by atoms with Gasteiger partial charge in [0.15, 0.2) is 5.82 Å². The van der Waals surface area contributed by atoms with Crippen LogP contribution in [0.2, 0.25) is 0 Å². The number of anilines is 1. The van der Waals surface area contributed by atoms with Gasteiger partial charge in [0.25, 0.3) is 0 Å². The standard InChI is InChI=1S/C11H18N6/c1-8-14-10-7-16(2)5-3-9(10)11(15-8)17(13)6-4-12/h4,6H,3,5,7,12-13H2,1-2H3/b6-4-. The van der Waals surface area contributed by atoms with E-state index in [0.717, 1.165) is 42.4 Å². The average molecular weight is 234 g/mol. The number of likely N-dealkylation sites (N-methyl/N-ethyl adjacent to an activating group) is 1. The fourth-order valence-corrected chi connectivity index (χ4v) is 2.04. The Hall–Kier alpha value is -1.66. The molecule has 17 heavy (non-hydrogen) atoms. The third-order valence-electron chi connectivity index (χ3n) is 2.84. The highest BCUT2D eigenvalue weighted by molar-refractivity contribution is 5.51. The van der Waals surface area contributed by atoms with Crippen LogP contribution in [0.3, 0.4) is 0 Å². The fourth-order valence-electron chi connectivity index (χ4n) is 2.04. The summed E-state index contributed by atoms with van der Waals surface area (Å²) in [6.45, 7) is 3.71. The summed E-state index contributed by atoms with van der Waals surface area (Å²) in [5, 5.41) is 1.46. The van der Waals surface area contributed by atoms with Gasteiger partial charge in [-0.25, -0.2) is 15.8 Å². The Morgan fingerprint density at radius 2 is 2.18 bits per heavy atom. The van der Waals surface area contributed by atoms with Crippen LogP contribution in [-0.4, -0.2) is 28.5 Å². The van der Waals surface area contributed by atoms with E-state index >= 15 is 0 Å². The van der Waals surface area contributed by atoms with Gasteiger partial charge in [-0.3, -0.25) is 5.01 Å². The summed E-state index contributed by atoms with van der Waals surface area (Å²) in [5.74, 6) is 7.38. The lowest BCUT2D eigenvalue weighted by molar-refractivity contribution is 0.306. The molecule has 0 spiro atoms. The van der Waals surface area contributed by atoms with Gasteiger partial charge in [0, 0.05) is 31.1 Å². The van der Waals surface area contributed by atoms with Crippen molar-refractivity contribution in [2.75, 3.05) is 18.6 Å². The minimum atomic E-state index is 0.731. The average Bonchev–Trinajstić information content (AvgIpc) is 2.27. The van der Waals surface area contributed by atoms with Crippen LogP contribution in [0.5, 0.6) is 0 Å². The molecule has 0 bridgehead atoms. The van der Waals surface area contributed by atoms with E-state index in [0.29, 0.717) is 0 Å². The van der Waals surface area contributed by atoms with Crippen LogP contribution in [0.1, 0.15) is 17.1 Å². The number of hydrazine groups is 1. The molecule has 0 unspecified atom stereocenters. The summed E-state index contributed by atoms with van der Waals surface area (Å²) >= 11 is 0. The summed E-state index contributed by atoms with van der Waals surface area (Å²) in [7, 11) is 2.08. The van der Waals surface area contributed by atoms with Crippen molar-refractivity contribution < 1.29 is 0 Å². The molecule has 1 aromatic heterocycles. The number of aromatic nitrogens is 2. The summed E-state index contributed by atoms with van der Waals surface area (Å²) in [6, 6.07) is 0. The van der Waals surface area contributed by atoms with Gasteiger partial charge in [0.1, 0.15) is 5.82 Å². The second-order valence-corrected chi connectivity index (χ2v) is 4.26. The van der Waals surface area contributed by atoms with Gasteiger partial charge in [-0.15, -0.1) is 0 Å². The lowest BCUT2D eigenvalue weighted by atomic mass is 10.1. The van der Waals surface area contributed by atoms with E-state index in [4.69, 9.17) is 11.6 Å². The van der Waals surface area contributed by atoms with Crippen molar-refractivity contribution in [2.24, 2.45) is 11.6 Å². The lowest BCUT2D eigenvalue weighted by Gasteiger charge is -2.27. The molecule has 0 aromatic carbocycles. The van der Waals surface area contributed by atoms with Gasteiger partial charge in [-0.1, -0.05) is 0 Å². The van der Waals surface area contributed by atoms with E-state index in [1.807, 2.05) is 6.92 Å². The number of fused-ring (bicyclic) bond motifs is 1. The van der Waals surface area contributed by atoms with E-state index in [2.05, 4.69) is 21.9 Å². The zero-order chi connectivity index (χ0) is 12.4. The summed E-state index contributed by atoms with van der Waals surface area (Å²) in [4.78, 5) is 11.1. The Labute approximate surface area is 101 Å². The first-order valence-electron chi connectivity index (χ1n) is 5.59. The summed E-state index contributed by atoms with van der Waals surface area (Å²) in [5.41, 5.74) is 7.53. The van der Waals surface area contributed by atoms with Crippen LogP contribution in [-0.2, 0) is 13.0 Å². The molecule has 1 aliphatic rings. The van der Waals surface area contributed by atoms with E-state index in [1.165, 1.54) is 11.2 Å². The Kier molecular flexibility index (Phi) is 3.26. The van der Waals surface area contributed by atoms with Crippen molar-refractivity contribution in [3.05, 3.63) is 29.5 Å². The van der Waals surface area contributed by atoms with Crippen LogP contribution >= 0.6 is 0 Å². The highest BCUT2D eigenvalue weighted by Gasteiger charge is 2.21. The van der Waals surface area contributed by atoms with Gasteiger partial charge in [0.05, 0.1) is 5.69 Å². The molecular weight excluding hydrogens is 216 g/mol. The van der Waals surface area contributed by atoms with Crippen molar-refractivity contribution in [3.63, 3.8) is 0 Å². The molecular formula is C11H18N6. The van der Waals surface area contributed by atoms with Crippen LogP contribution in [0.15, 0.2) is 12.4 Å². The first-order valence-corrected chi connectivity index (χ1v) is 5.59. The minimum Gasteiger partial charge on any atom is -0.403 e. The first-order chi connectivity index (χ1) is 8.11. The van der Waals surface area contributed by atoms with Gasteiger partial charge in [0.2, 0.25) is 0 Å². The van der Waals surface area contributed by atoms with E-state index in [9.17, 15) is 0 Å². The molecule has 2 heterocycles. The highest BCUT2D eigenvalue weighted by atomic mass is 15.4. The third kappa shape index (κ3) is 2.37. The number of nitrogens with two attached hydrogens (primary N) is 2. The number of nitrogens with zero attached hydrogens (tertiary/aromatic N) is 4. The van der Waals surface area contributed by atoms with Crippen molar-refractivity contribution >= 4 is 5.82 Å². The molecule has 0 aliphatic carbocycles. The lowest BCUT2D eigenvalue weighted by Crippen LogP contribution is -2.33. The SMILES string of the molecule is Cc1nc2c(c(N(N)/C=C\N)n1)CCN(C)C2. The van der Waals surface area contributed by atoms with Gasteiger partial charge in [-0.2, -0.15) is 0 Å². The minimum absolute atomic E-state index is 0.731. The molecule has 0 atom stereocenters. The van der Waals surface area contributed by atoms with Crippen LogP contribution in [0, 0.1) is 6.92 Å². The number of hydrogen-bond acceptors (Lipinski definition) is 6. The molecule has 0 radical (unpaired) electrons. The third-order valence-corrected chi connectivity index (χ3v) is 2.84. The largest absolute Gasteiger partial charge is 0.403 e. The summed E-state index contributed by atoms with van der Waals surface area (Å²) in [6.07, 6.45) is 3.91. The van der Waals surface area contributed by atoms with Crippen molar-refractivity contribution in [2.45, 2.75) is 19.9 Å². The smallest absolute Gasteiger partial charge is 0.154 e. The Morgan fingerprint density at radius 1 is 1.41 bits per heavy atom. The first kappa shape index (κ1) is 11.8. The van der Waals surface area contributed by atoms with E-state index in [-0.39, 0.29) is 0 Å². The predicted molar refractivity (Wildman–Crippen MR) is 66.8 cm³/mol. The van der Waals surface area contributed by atoms with Gasteiger partial charge < -0.3 is 10.6 Å². The topological polar surface area (TPSA) is 84.3 Å². The number of aryl methyl sites for hydroxylation is 1. The molecule has 1 aromatic rings. The monoisotopic (exact) mass is 234 g/mol. The quantitative estimate of drug-likeness (QED) is 0.548. The zero-order valence-electron chi connectivity index (χ0n) is 10.2. The van der Waals surface area contributed by atoms with E-state index in [1.54, 1.807) is 6.20 Å².